The first-order valence-electron chi connectivity index (χ1n) is 22.5. The zero-order valence-corrected chi connectivity index (χ0v) is 56.6. The summed E-state index contributed by atoms with van der Waals surface area (Å²) in [6.45, 7) is 9.57. The van der Waals surface area contributed by atoms with E-state index in [0.717, 1.165) is 11.3 Å². The van der Waals surface area contributed by atoms with Crippen molar-refractivity contribution in [1.82, 2.24) is 35.2 Å². The average molecular weight is 1220 g/mol. The number of rotatable bonds is 25. The van der Waals surface area contributed by atoms with Crippen molar-refractivity contribution in [2.45, 2.75) is 68.5 Å². The van der Waals surface area contributed by atoms with Crippen LogP contribution in [0, 0.1) is 19.1 Å². The van der Waals surface area contributed by atoms with Crippen LogP contribution in [0.25, 0.3) is 12.2 Å². The monoisotopic (exact) mass is 1220 g/mol. The van der Waals surface area contributed by atoms with E-state index in [1.54, 1.807) is 43.3 Å². The third kappa shape index (κ3) is 31.0. The number of likely N-dealkylation sites (N-methyl/N-ethyl adjacent to an activating group) is 1. The molecule has 0 saturated heterocycles. The molecule has 6 rings (SSSR count). The van der Waals surface area contributed by atoms with Gasteiger partial charge in [0.2, 0.25) is 17.8 Å². The molecule has 0 fully saturated rings. The Morgan fingerprint density at radius 3 is 1.77 bits per heavy atom. The average Bonchev–Trinajstić information content (AvgIpc) is 3.33. The number of benzene rings is 4. The van der Waals surface area contributed by atoms with Crippen molar-refractivity contribution >= 4 is 82.8 Å². The number of hydrogen-bond donors (Lipinski definition) is 4. The Kier molecular flexibility index (Phi) is 38.0. The maximum absolute atomic E-state index is 12.6. The SMILES string of the molecule is CNC(C)COCC(C)OCCOCC(C)Nc1nc(Cc2ccc(S(=O)(=O)[O-])cc2)nc(Nc2ccc(/C=C/c3[c-]cc(Cc4nc(C)nc(Nc5cc[c-]cc5)n4)cc3)c(S(=O)(=O)[O-])c2)n1.O=S(=O)=O.O=S(=O)=O.[Na+].[Na+].[Na+].[Na+]. The molecule has 3 atom stereocenters. The normalized spacial score (nSPS) is 11.9. The van der Waals surface area contributed by atoms with Crippen LogP contribution < -0.4 is 139 Å². The van der Waals surface area contributed by atoms with Gasteiger partial charge in [0.25, 0.3) is 0 Å². The smallest absolute Gasteiger partial charge is 0.744 e. The van der Waals surface area contributed by atoms with Gasteiger partial charge in [-0.3, -0.25) is 0 Å². The minimum atomic E-state index is -4.97. The molecule has 25 nitrogen and oxygen atoms in total. The Balaban J connectivity index is 0.00000487. The second kappa shape index (κ2) is 39.5. The van der Waals surface area contributed by atoms with Crippen LogP contribution in [0.4, 0.5) is 29.2 Å². The Morgan fingerprint density at radius 1 is 0.625 bits per heavy atom. The van der Waals surface area contributed by atoms with Gasteiger partial charge in [-0.2, -0.15) is 48.7 Å². The minimum Gasteiger partial charge on any atom is -0.744 e. The predicted molar refractivity (Wildman–Crippen MR) is 273 cm³/mol. The van der Waals surface area contributed by atoms with Gasteiger partial charge in [0, 0.05) is 24.2 Å². The van der Waals surface area contributed by atoms with Gasteiger partial charge in [-0.15, -0.1) is 73.3 Å². The van der Waals surface area contributed by atoms with Crippen LogP contribution in [0.1, 0.15) is 60.5 Å². The molecule has 0 saturated carbocycles. The van der Waals surface area contributed by atoms with E-state index in [1.165, 1.54) is 42.5 Å². The molecule has 2 aromatic heterocycles. The van der Waals surface area contributed by atoms with Crippen molar-refractivity contribution in [3.8, 4) is 0 Å². The van der Waals surface area contributed by atoms with Crippen LogP contribution >= 0.6 is 0 Å². The molecule has 33 heteroatoms. The summed E-state index contributed by atoms with van der Waals surface area (Å²) in [6, 6.07) is 28.4. The number of nitrogens with zero attached hydrogens (tertiary/aromatic N) is 6. The van der Waals surface area contributed by atoms with Gasteiger partial charge in [0.15, 0.2) is 0 Å². The van der Waals surface area contributed by atoms with Crippen LogP contribution in [0.5, 0.6) is 0 Å². The maximum atomic E-state index is 12.6. The van der Waals surface area contributed by atoms with E-state index in [4.69, 9.17) is 39.5 Å². The van der Waals surface area contributed by atoms with Crippen molar-refractivity contribution in [2.75, 3.05) is 56.0 Å². The molecular weight excluding hydrogens is 1160 g/mol. The van der Waals surface area contributed by atoms with Gasteiger partial charge >= 0.3 is 139 Å². The van der Waals surface area contributed by atoms with E-state index < -0.39 is 46.3 Å². The molecule has 0 aliphatic carbocycles. The molecule has 2 heterocycles. The third-order valence-electron chi connectivity index (χ3n) is 9.86. The summed E-state index contributed by atoms with van der Waals surface area (Å²) in [5.41, 5.74) is 3.26. The zero-order valence-electron chi connectivity index (χ0n) is 45.4. The Labute approximate surface area is 556 Å². The fourth-order valence-electron chi connectivity index (χ4n) is 6.36. The summed E-state index contributed by atoms with van der Waals surface area (Å²) in [7, 11) is -14.0. The number of hydrogen-bond acceptors (Lipinski definition) is 25. The first-order valence-corrected chi connectivity index (χ1v) is 27.3. The summed E-state index contributed by atoms with van der Waals surface area (Å²) in [5, 5.41) is 12.5. The molecule has 0 aliphatic heterocycles. The number of aromatic nitrogens is 6. The van der Waals surface area contributed by atoms with Crippen LogP contribution in [-0.2, 0) is 68.5 Å². The molecule has 0 bridgehead atoms. The quantitative estimate of drug-likeness (QED) is 0.0136. The molecule has 0 spiro atoms. The number of nitrogens with one attached hydrogen (secondary N) is 4. The third-order valence-corrected chi connectivity index (χ3v) is 11.6. The largest absolute Gasteiger partial charge is 1.00 e. The van der Waals surface area contributed by atoms with Gasteiger partial charge in [-0.25, -0.2) is 21.8 Å². The Bertz CT molecular complexity index is 3310. The van der Waals surface area contributed by atoms with E-state index in [9.17, 15) is 25.9 Å². The molecule has 80 heavy (non-hydrogen) atoms. The predicted octanol–water partition coefficient (Wildman–Crippen LogP) is -8.53. The molecule has 4 N–H and O–H groups in total. The van der Waals surface area contributed by atoms with Crippen LogP contribution in [0.2, 0.25) is 0 Å². The molecule has 0 amide bonds. The van der Waals surface area contributed by atoms with E-state index in [0.29, 0.717) is 61.6 Å². The molecule has 3 unspecified atom stereocenters. The van der Waals surface area contributed by atoms with Gasteiger partial charge < -0.3 is 44.6 Å². The summed E-state index contributed by atoms with van der Waals surface area (Å²) in [6.07, 6.45) is 3.56. The van der Waals surface area contributed by atoms with Crippen molar-refractivity contribution in [2.24, 2.45) is 0 Å². The van der Waals surface area contributed by atoms with E-state index in [2.05, 4.69) is 63.3 Å². The molecule has 408 valence electrons. The molecule has 0 radical (unpaired) electrons. The van der Waals surface area contributed by atoms with Gasteiger partial charge in [-0.1, -0.05) is 30.0 Å². The topological polar surface area (TPSA) is 370 Å². The molecule has 4 aromatic carbocycles. The first kappa shape index (κ1) is 76.9. The molecule has 0 aliphatic rings. The van der Waals surface area contributed by atoms with Crippen molar-refractivity contribution in [1.29, 1.82) is 0 Å². The Morgan fingerprint density at radius 2 is 1.19 bits per heavy atom. The first-order chi connectivity index (χ1) is 35.9. The van der Waals surface area contributed by atoms with Gasteiger partial charge in [0.1, 0.15) is 37.7 Å². The second-order valence-corrected chi connectivity index (χ2v) is 19.7. The summed E-state index contributed by atoms with van der Waals surface area (Å²) in [5.74, 6) is 1.95. The van der Waals surface area contributed by atoms with E-state index in [1.807, 2.05) is 46.0 Å². The van der Waals surface area contributed by atoms with Gasteiger partial charge in [-0.05, 0) is 76.6 Å². The standard InChI is InChI=1S/C47H54N10O9S2.4Na.2O3S/c1-31(48-5)28-65-30-33(3)66-24-23-64-29-32(2)49-45-55-44(26-37-16-21-41(22-17-37)67(58,59)60)56-47(57-45)53-40-20-19-38(42(27-40)68(61,62)63)18-15-35-11-13-36(14-12-35)25-43-50-34(4)51-46(54-43)52-39-9-7-6-8-10-39;;;;;2*1-4(2)3/h7-11,13-22,27,31-33,48H,23-26,28-30H2,1-5H3,(H,58,59,60)(H,61,62,63)(H,50,51,52,54)(H2,49,53,55,56,57);;;;;;/q-2;4*+1;;/p-2/b18-15+;;;;;;. The van der Waals surface area contributed by atoms with Crippen molar-refractivity contribution in [3.05, 3.63) is 137 Å². The van der Waals surface area contributed by atoms with Crippen LogP contribution in [0.3, 0.4) is 0 Å². The number of anilines is 5. The van der Waals surface area contributed by atoms with E-state index in [-0.39, 0.29) is 183 Å². The molecular formula is C47H52N10Na4O15S4. The Hall–Kier alpha value is -3.06. The summed E-state index contributed by atoms with van der Waals surface area (Å²) in [4.78, 5) is 26.1. The van der Waals surface area contributed by atoms with Crippen LogP contribution in [0.15, 0.2) is 94.7 Å². The maximum Gasteiger partial charge on any atom is 1.00 e. The zero-order chi connectivity index (χ0) is 55.8. The summed E-state index contributed by atoms with van der Waals surface area (Å²) >= 11 is 0. The fourth-order valence-corrected chi connectivity index (χ4v) is 7.53. The number of aryl methyl sites for hydroxylation is 1. The second-order valence-electron chi connectivity index (χ2n) is 16.1. The van der Waals surface area contributed by atoms with Crippen molar-refractivity contribution in [3.63, 3.8) is 0 Å². The number of ether oxygens (including phenoxy) is 3. The van der Waals surface area contributed by atoms with Crippen LogP contribution in [-0.4, -0.2) is 139 Å². The fraction of sp³-hybridized carbons (Fsp3) is 0.319. The van der Waals surface area contributed by atoms with Crippen molar-refractivity contribution < 1.29 is 184 Å². The summed E-state index contributed by atoms with van der Waals surface area (Å²) < 4.78 is 140. The van der Waals surface area contributed by atoms with Gasteiger partial charge in [0.05, 0.1) is 48.9 Å². The minimum absolute atomic E-state index is 0. The molecule has 6 aromatic rings. The van der Waals surface area contributed by atoms with E-state index >= 15 is 0 Å².